The fraction of sp³-hybridized carbons (Fsp3) is 0.409. The topological polar surface area (TPSA) is 70.2 Å². The summed E-state index contributed by atoms with van der Waals surface area (Å²) in [6.07, 6.45) is 1.14. The number of rotatable bonds is 6. The maximum atomic E-state index is 12.9. The van der Waals surface area contributed by atoms with Crippen LogP contribution in [0.5, 0.6) is 5.75 Å². The van der Waals surface area contributed by atoms with E-state index in [9.17, 15) is 13.2 Å². The fourth-order valence-electron chi connectivity index (χ4n) is 3.60. The number of piperazine rings is 1. The van der Waals surface area contributed by atoms with Crippen LogP contribution in [0.2, 0.25) is 0 Å². The number of sulfonamides is 1. The molecule has 0 atom stereocenters. The number of anilines is 2. The lowest BCUT2D eigenvalue weighted by Crippen LogP contribution is -2.52. The summed E-state index contributed by atoms with van der Waals surface area (Å²) in [6.45, 7) is 6.06. The van der Waals surface area contributed by atoms with Gasteiger partial charge in [0.25, 0.3) is 0 Å². The highest BCUT2D eigenvalue weighted by Gasteiger charge is 2.27. The summed E-state index contributed by atoms with van der Waals surface area (Å²) in [6, 6.07) is 13.5. The van der Waals surface area contributed by atoms with Crippen molar-refractivity contribution in [1.82, 2.24) is 4.90 Å². The largest absolute Gasteiger partial charge is 0.497 e. The molecule has 162 valence electrons. The number of amides is 1. The van der Waals surface area contributed by atoms with Crippen molar-refractivity contribution in [2.75, 3.05) is 55.3 Å². The zero-order valence-corrected chi connectivity index (χ0v) is 18.8. The molecule has 7 nitrogen and oxygen atoms in total. The van der Waals surface area contributed by atoms with Crippen molar-refractivity contribution >= 4 is 27.3 Å². The summed E-state index contributed by atoms with van der Waals surface area (Å²) in [4.78, 5) is 16.9. The third kappa shape index (κ3) is 5.05. The second kappa shape index (κ2) is 8.95. The molecule has 0 aromatic heterocycles. The summed E-state index contributed by atoms with van der Waals surface area (Å²) >= 11 is 0. The van der Waals surface area contributed by atoms with E-state index in [0.29, 0.717) is 31.9 Å². The van der Waals surface area contributed by atoms with Gasteiger partial charge >= 0.3 is 0 Å². The summed E-state index contributed by atoms with van der Waals surface area (Å²) in [5.74, 6) is 0.621. The van der Waals surface area contributed by atoms with Crippen LogP contribution in [-0.4, -0.2) is 65.3 Å². The Bertz CT molecular complexity index is 998. The Balaban J connectivity index is 1.68. The van der Waals surface area contributed by atoms with Crippen LogP contribution in [0, 0.1) is 13.8 Å². The Hall–Kier alpha value is -2.74. The standard InChI is InChI=1S/C22H29N3O4S/c1-17-5-6-18(2)21(15-17)25(30(4,27)28)16-22(26)24-13-11-23(12-14-24)19-7-9-20(29-3)10-8-19/h5-10,15H,11-14,16H2,1-4H3. The normalized spacial score (nSPS) is 14.5. The van der Waals surface area contributed by atoms with E-state index in [0.717, 1.165) is 28.8 Å². The monoisotopic (exact) mass is 431 g/mol. The first-order chi connectivity index (χ1) is 14.2. The zero-order valence-electron chi connectivity index (χ0n) is 18.0. The van der Waals surface area contributed by atoms with Crippen LogP contribution in [0.4, 0.5) is 11.4 Å². The molecular weight excluding hydrogens is 402 g/mol. The smallest absolute Gasteiger partial charge is 0.243 e. The van der Waals surface area contributed by atoms with Crippen molar-refractivity contribution in [1.29, 1.82) is 0 Å². The summed E-state index contributed by atoms with van der Waals surface area (Å²) in [5.41, 5.74) is 3.41. The van der Waals surface area contributed by atoms with Gasteiger partial charge in [0, 0.05) is 31.9 Å². The molecule has 0 N–H and O–H groups in total. The molecular formula is C22H29N3O4S. The lowest BCUT2D eigenvalue weighted by Gasteiger charge is -2.37. The maximum Gasteiger partial charge on any atom is 0.243 e. The van der Waals surface area contributed by atoms with Crippen molar-refractivity contribution in [3.05, 3.63) is 53.6 Å². The van der Waals surface area contributed by atoms with Gasteiger partial charge in [-0.25, -0.2) is 8.42 Å². The third-order valence-electron chi connectivity index (χ3n) is 5.38. The SMILES string of the molecule is COc1ccc(N2CCN(C(=O)CN(c3cc(C)ccc3C)S(C)(=O)=O)CC2)cc1. The molecule has 0 aliphatic carbocycles. The van der Waals surface area contributed by atoms with Gasteiger partial charge in [0.1, 0.15) is 12.3 Å². The van der Waals surface area contributed by atoms with Crippen LogP contribution in [0.15, 0.2) is 42.5 Å². The highest BCUT2D eigenvalue weighted by Crippen LogP contribution is 2.25. The first-order valence-electron chi connectivity index (χ1n) is 9.91. The molecule has 0 spiro atoms. The number of hydrogen-bond acceptors (Lipinski definition) is 5. The average molecular weight is 432 g/mol. The molecule has 8 heteroatoms. The van der Waals surface area contributed by atoms with E-state index in [1.54, 1.807) is 12.0 Å². The molecule has 1 heterocycles. The van der Waals surface area contributed by atoms with Crippen LogP contribution in [0.1, 0.15) is 11.1 Å². The van der Waals surface area contributed by atoms with Crippen molar-refractivity contribution < 1.29 is 17.9 Å². The molecule has 30 heavy (non-hydrogen) atoms. The molecule has 0 unspecified atom stereocenters. The van der Waals surface area contributed by atoms with Crippen LogP contribution in [0.25, 0.3) is 0 Å². The van der Waals surface area contributed by atoms with Gasteiger partial charge in [0.15, 0.2) is 0 Å². The van der Waals surface area contributed by atoms with E-state index < -0.39 is 10.0 Å². The molecule has 1 amide bonds. The van der Waals surface area contributed by atoms with Gasteiger partial charge in [-0.15, -0.1) is 0 Å². The molecule has 1 aliphatic rings. The predicted octanol–water partition coefficient (Wildman–Crippen LogP) is 2.43. The number of methoxy groups -OCH3 is 1. The molecule has 0 saturated carbocycles. The molecule has 3 rings (SSSR count). The van der Waals surface area contributed by atoms with Gasteiger partial charge < -0.3 is 14.5 Å². The molecule has 2 aromatic rings. The number of ether oxygens (including phenoxy) is 1. The van der Waals surface area contributed by atoms with Crippen LogP contribution in [0.3, 0.4) is 0 Å². The summed E-state index contributed by atoms with van der Waals surface area (Å²) < 4.78 is 31.3. The van der Waals surface area contributed by atoms with Crippen LogP contribution in [-0.2, 0) is 14.8 Å². The van der Waals surface area contributed by atoms with Crippen molar-refractivity contribution in [3.63, 3.8) is 0 Å². The quantitative estimate of drug-likeness (QED) is 0.703. The van der Waals surface area contributed by atoms with Crippen LogP contribution < -0.4 is 13.9 Å². The van der Waals surface area contributed by atoms with Crippen molar-refractivity contribution in [3.8, 4) is 5.75 Å². The first-order valence-corrected chi connectivity index (χ1v) is 11.8. The molecule has 2 aromatic carbocycles. The van der Waals surface area contributed by atoms with Crippen LogP contribution >= 0.6 is 0 Å². The van der Waals surface area contributed by atoms with E-state index in [2.05, 4.69) is 4.90 Å². The maximum absolute atomic E-state index is 12.9. The van der Waals surface area contributed by atoms with Gasteiger partial charge in [0.2, 0.25) is 15.9 Å². The molecule has 0 bridgehead atoms. The fourth-order valence-corrected chi connectivity index (χ4v) is 4.50. The van der Waals surface area contributed by atoms with Gasteiger partial charge in [-0.1, -0.05) is 12.1 Å². The zero-order chi connectivity index (χ0) is 21.9. The van der Waals surface area contributed by atoms with Gasteiger partial charge in [-0.05, 0) is 55.3 Å². The number of carbonyl (C=O) groups excluding carboxylic acids is 1. The highest BCUT2D eigenvalue weighted by atomic mass is 32.2. The lowest BCUT2D eigenvalue weighted by molar-refractivity contribution is -0.129. The van der Waals surface area contributed by atoms with Gasteiger partial charge in [-0.3, -0.25) is 9.10 Å². The van der Waals surface area contributed by atoms with E-state index in [1.807, 2.05) is 56.3 Å². The molecule has 1 aliphatic heterocycles. The Labute approximate surface area is 178 Å². The highest BCUT2D eigenvalue weighted by molar-refractivity contribution is 7.92. The number of aryl methyl sites for hydroxylation is 2. The minimum absolute atomic E-state index is 0.185. The Morgan fingerprint density at radius 3 is 2.23 bits per heavy atom. The van der Waals surface area contributed by atoms with Crippen molar-refractivity contribution in [2.45, 2.75) is 13.8 Å². The van der Waals surface area contributed by atoms with E-state index >= 15 is 0 Å². The molecule has 1 fully saturated rings. The van der Waals surface area contributed by atoms with E-state index in [-0.39, 0.29) is 12.5 Å². The summed E-state index contributed by atoms with van der Waals surface area (Å²) in [7, 11) is -1.95. The number of nitrogens with zero attached hydrogens (tertiary/aromatic N) is 3. The Morgan fingerprint density at radius 2 is 1.67 bits per heavy atom. The van der Waals surface area contributed by atoms with Crippen molar-refractivity contribution in [2.24, 2.45) is 0 Å². The summed E-state index contributed by atoms with van der Waals surface area (Å²) in [5, 5.41) is 0. The molecule has 1 saturated heterocycles. The minimum atomic E-state index is -3.59. The molecule has 0 radical (unpaired) electrons. The third-order valence-corrected chi connectivity index (χ3v) is 6.51. The second-order valence-corrected chi connectivity index (χ2v) is 9.53. The Kier molecular flexibility index (Phi) is 6.55. The minimum Gasteiger partial charge on any atom is -0.497 e. The van der Waals surface area contributed by atoms with E-state index in [1.165, 1.54) is 4.31 Å². The van der Waals surface area contributed by atoms with E-state index in [4.69, 9.17) is 4.74 Å². The number of hydrogen-bond donors (Lipinski definition) is 0. The lowest BCUT2D eigenvalue weighted by atomic mass is 10.1. The van der Waals surface area contributed by atoms with Gasteiger partial charge in [0.05, 0.1) is 19.1 Å². The number of benzene rings is 2. The second-order valence-electron chi connectivity index (χ2n) is 7.63. The Morgan fingerprint density at radius 1 is 1.03 bits per heavy atom. The first kappa shape index (κ1) is 22.0. The number of carbonyl (C=O) groups is 1. The van der Waals surface area contributed by atoms with Gasteiger partial charge in [-0.2, -0.15) is 0 Å². The average Bonchev–Trinajstić information content (AvgIpc) is 2.73. The predicted molar refractivity (Wildman–Crippen MR) is 120 cm³/mol.